The van der Waals surface area contributed by atoms with Crippen molar-refractivity contribution >= 4 is 46.2 Å². The zero-order chi connectivity index (χ0) is 17.0. The fourth-order valence-electron chi connectivity index (χ4n) is 2.21. The minimum Gasteiger partial charge on any atom is -0.375 e. The number of anilines is 2. The molecule has 0 fully saturated rings. The second-order valence-corrected chi connectivity index (χ2v) is 6.01. The lowest BCUT2D eigenvalue weighted by Gasteiger charge is -2.14. The molecule has 5 nitrogen and oxygen atoms in total. The maximum atomic E-state index is 12.2. The van der Waals surface area contributed by atoms with Crippen molar-refractivity contribution in [3.8, 4) is 0 Å². The molecule has 5 N–H and O–H groups in total. The summed E-state index contributed by atoms with van der Waals surface area (Å²) in [6.45, 7) is 4.02. The molecule has 0 heterocycles. The minimum atomic E-state index is -0.374. The topological polar surface area (TPSA) is 79.2 Å². The van der Waals surface area contributed by atoms with Crippen molar-refractivity contribution in [2.75, 3.05) is 5.32 Å². The number of aryl methyl sites for hydroxylation is 2. The Kier molecular flexibility index (Phi) is 5.41. The maximum Gasteiger partial charge on any atom is 0.271 e. The number of hydrogen-bond donors (Lipinski definition) is 4. The molecule has 0 radical (unpaired) electrons. The SMILES string of the molecule is Cc1cc(C)cc(Nc2cc(Cl)ccc2C(=O)NNC(N)=S)c1. The quantitative estimate of drug-likeness (QED) is 0.506. The number of thiocarbonyl (C=S) groups is 1. The fourth-order valence-corrected chi connectivity index (χ4v) is 2.43. The third-order valence-electron chi connectivity index (χ3n) is 3.03. The van der Waals surface area contributed by atoms with E-state index in [1.54, 1.807) is 18.2 Å². The van der Waals surface area contributed by atoms with E-state index in [1.807, 2.05) is 26.0 Å². The summed E-state index contributed by atoms with van der Waals surface area (Å²) >= 11 is 10.7. The van der Waals surface area contributed by atoms with Crippen molar-refractivity contribution in [1.29, 1.82) is 0 Å². The normalized spacial score (nSPS) is 10.0. The number of hydrogen-bond acceptors (Lipinski definition) is 3. The first kappa shape index (κ1) is 17.1. The van der Waals surface area contributed by atoms with E-state index in [-0.39, 0.29) is 11.0 Å². The van der Waals surface area contributed by atoms with Crippen LogP contribution in [-0.2, 0) is 0 Å². The number of hydrazine groups is 1. The van der Waals surface area contributed by atoms with Gasteiger partial charge >= 0.3 is 0 Å². The van der Waals surface area contributed by atoms with Gasteiger partial charge in [-0.25, -0.2) is 0 Å². The second-order valence-electron chi connectivity index (χ2n) is 5.13. The molecule has 0 saturated carbocycles. The molecule has 0 bridgehead atoms. The van der Waals surface area contributed by atoms with Crippen LogP contribution in [0.5, 0.6) is 0 Å². The van der Waals surface area contributed by atoms with Gasteiger partial charge in [0.05, 0.1) is 11.3 Å². The van der Waals surface area contributed by atoms with Crippen molar-refractivity contribution in [3.63, 3.8) is 0 Å². The zero-order valence-electron chi connectivity index (χ0n) is 12.7. The van der Waals surface area contributed by atoms with Crippen LogP contribution in [0.4, 0.5) is 11.4 Å². The fraction of sp³-hybridized carbons (Fsp3) is 0.125. The van der Waals surface area contributed by atoms with Crippen LogP contribution in [0.25, 0.3) is 0 Å². The van der Waals surface area contributed by atoms with Gasteiger partial charge in [0.25, 0.3) is 5.91 Å². The van der Waals surface area contributed by atoms with Crippen LogP contribution in [-0.4, -0.2) is 11.0 Å². The first-order valence-corrected chi connectivity index (χ1v) is 7.64. The first-order chi connectivity index (χ1) is 10.8. The van der Waals surface area contributed by atoms with Crippen LogP contribution < -0.4 is 21.9 Å². The van der Waals surface area contributed by atoms with Crippen molar-refractivity contribution in [3.05, 3.63) is 58.1 Å². The van der Waals surface area contributed by atoms with Gasteiger partial charge in [-0.15, -0.1) is 0 Å². The van der Waals surface area contributed by atoms with Crippen LogP contribution in [0, 0.1) is 13.8 Å². The van der Waals surface area contributed by atoms with Crippen LogP contribution in [0.1, 0.15) is 21.5 Å². The van der Waals surface area contributed by atoms with Gasteiger partial charge in [-0.3, -0.25) is 15.6 Å². The Bertz CT molecular complexity index is 743. The van der Waals surface area contributed by atoms with Gasteiger partial charge in [-0.1, -0.05) is 17.7 Å². The van der Waals surface area contributed by atoms with E-state index < -0.39 is 0 Å². The summed E-state index contributed by atoms with van der Waals surface area (Å²) in [7, 11) is 0. The first-order valence-electron chi connectivity index (χ1n) is 6.86. The average Bonchev–Trinajstić information content (AvgIpc) is 2.43. The Morgan fingerprint density at radius 2 is 1.74 bits per heavy atom. The molecular weight excluding hydrogens is 332 g/mol. The molecule has 1 amide bonds. The van der Waals surface area contributed by atoms with E-state index in [2.05, 4.69) is 34.5 Å². The molecule has 0 atom stereocenters. The van der Waals surface area contributed by atoms with Gasteiger partial charge in [0.2, 0.25) is 0 Å². The molecule has 0 spiro atoms. The third-order valence-corrected chi connectivity index (χ3v) is 3.36. The smallest absolute Gasteiger partial charge is 0.271 e. The number of rotatable bonds is 3. The molecule has 0 unspecified atom stereocenters. The average molecular weight is 349 g/mol. The van der Waals surface area contributed by atoms with Gasteiger partial charge < -0.3 is 11.1 Å². The van der Waals surface area contributed by atoms with E-state index in [4.69, 9.17) is 17.3 Å². The molecule has 0 aromatic heterocycles. The number of nitrogens with two attached hydrogens (primary N) is 1. The second kappa shape index (κ2) is 7.30. The summed E-state index contributed by atoms with van der Waals surface area (Å²) in [5, 5.41) is 3.73. The summed E-state index contributed by atoms with van der Waals surface area (Å²) < 4.78 is 0. The van der Waals surface area contributed by atoms with Crippen molar-refractivity contribution in [2.24, 2.45) is 5.73 Å². The molecule has 2 aromatic carbocycles. The molecule has 7 heteroatoms. The summed E-state index contributed by atoms with van der Waals surface area (Å²) in [6, 6.07) is 11.0. The van der Waals surface area contributed by atoms with Gasteiger partial charge in [-0.05, 0) is 67.5 Å². The molecule has 0 aliphatic heterocycles. The monoisotopic (exact) mass is 348 g/mol. The number of nitrogens with one attached hydrogen (secondary N) is 3. The summed E-state index contributed by atoms with van der Waals surface area (Å²) in [5.74, 6) is -0.374. The predicted octanol–water partition coefficient (Wildman–Crippen LogP) is 3.18. The highest BCUT2D eigenvalue weighted by Gasteiger charge is 2.12. The van der Waals surface area contributed by atoms with Crippen LogP contribution >= 0.6 is 23.8 Å². The Morgan fingerprint density at radius 3 is 2.35 bits per heavy atom. The molecule has 0 aliphatic rings. The van der Waals surface area contributed by atoms with Crippen LogP contribution in [0.2, 0.25) is 5.02 Å². The van der Waals surface area contributed by atoms with Gasteiger partial charge in [-0.2, -0.15) is 0 Å². The lowest BCUT2D eigenvalue weighted by molar-refractivity contribution is 0.0945. The largest absolute Gasteiger partial charge is 0.375 e. The van der Waals surface area contributed by atoms with Gasteiger partial charge in [0.15, 0.2) is 5.11 Å². The number of carbonyl (C=O) groups is 1. The standard InChI is InChI=1S/C16H17ClN4OS/c1-9-5-10(2)7-12(6-9)19-14-8-11(17)3-4-13(14)15(22)20-21-16(18)23/h3-8,19H,1-2H3,(H,20,22)(H3,18,21,23). The van der Waals surface area contributed by atoms with Gasteiger partial charge in [0, 0.05) is 10.7 Å². The maximum absolute atomic E-state index is 12.2. The number of benzene rings is 2. The Labute approximate surface area is 145 Å². The lowest BCUT2D eigenvalue weighted by Crippen LogP contribution is -2.44. The third kappa shape index (κ3) is 4.84. The van der Waals surface area contributed by atoms with Crippen LogP contribution in [0.15, 0.2) is 36.4 Å². The van der Waals surface area contributed by atoms with Crippen molar-refractivity contribution < 1.29 is 4.79 Å². The number of carbonyl (C=O) groups excluding carboxylic acids is 1. The Morgan fingerprint density at radius 1 is 1.09 bits per heavy atom. The molecule has 2 aromatic rings. The Balaban J connectivity index is 2.31. The molecule has 23 heavy (non-hydrogen) atoms. The molecule has 0 saturated heterocycles. The summed E-state index contributed by atoms with van der Waals surface area (Å²) in [6.07, 6.45) is 0. The van der Waals surface area contributed by atoms with Crippen molar-refractivity contribution in [2.45, 2.75) is 13.8 Å². The number of amides is 1. The van der Waals surface area contributed by atoms with Crippen molar-refractivity contribution in [1.82, 2.24) is 10.9 Å². The van der Waals surface area contributed by atoms with E-state index in [1.165, 1.54) is 0 Å². The minimum absolute atomic E-state index is 0.0175. The van der Waals surface area contributed by atoms with E-state index >= 15 is 0 Å². The highest BCUT2D eigenvalue weighted by molar-refractivity contribution is 7.80. The van der Waals surface area contributed by atoms with E-state index in [9.17, 15) is 4.79 Å². The lowest BCUT2D eigenvalue weighted by atomic mass is 10.1. The Hall–Kier alpha value is -2.31. The highest BCUT2D eigenvalue weighted by atomic mass is 35.5. The molecule has 0 aliphatic carbocycles. The highest BCUT2D eigenvalue weighted by Crippen LogP contribution is 2.26. The molecule has 2 rings (SSSR count). The van der Waals surface area contributed by atoms with E-state index in [0.29, 0.717) is 16.3 Å². The summed E-state index contributed by atoms with van der Waals surface area (Å²) in [4.78, 5) is 12.2. The predicted molar refractivity (Wildman–Crippen MR) is 98.0 cm³/mol. The van der Waals surface area contributed by atoms with E-state index in [0.717, 1.165) is 16.8 Å². The molecular formula is C16H17ClN4OS. The molecule has 120 valence electrons. The number of halogens is 1. The summed E-state index contributed by atoms with van der Waals surface area (Å²) in [5.41, 5.74) is 14.3. The zero-order valence-corrected chi connectivity index (χ0v) is 14.3. The van der Waals surface area contributed by atoms with Gasteiger partial charge in [0.1, 0.15) is 0 Å². The van der Waals surface area contributed by atoms with Crippen LogP contribution in [0.3, 0.4) is 0 Å².